The first-order valence-corrected chi connectivity index (χ1v) is 3.08. The third kappa shape index (κ3) is 1.46. The van der Waals surface area contributed by atoms with E-state index in [1.807, 2.05) is 18.4 Å². The lowest BCUT2D eigenvalue weighted by Gasteiger charge is -1.99. The lowest BCUT2D eigenvalue weighted by molar-refractivity contribution is 1.04. The summed E-state index contributed by atoms with van der Waals surface area (Å²) in [5, 5.41) is 3.13. The second-order valence-corrected chi connectivity index (χ2v) is 2.17. The normalized spacial score (nSPS) is 17.6. The van der Waals surface area contributed by atoms with Gasteiger partial charge in [-0.25, -0.2) is 0 Å². The van der Waals surface area contributed by atoms with Gasteiger partial charge in [0.1, 0.15) is 0 Å². The molecule has 0 radical (unpaired) electrons. The van der Waals surface area contributed by atoms with Gasteiger partial charge in [-0.15, -0.1) is 0 Å². The van der Waals surface area contributed by atoms with Crippen molar-refractivity contribution in [3.63, 3.8) is 0 Å². The van der Waals surface area contributed by atoms with E-state index in [9.17, 15) is 0 Å². The van der Waals surface area contributed by atoms with E-state index >= 15 is 0 Å². The van der Waals surface area contributed by atoms with E-state index in [2.05, 4.69) is 25.2 Å². The summed E-state index contributed by atoms with van der Waals surface area (Å²) >= 11 is 0. The lowest BCUT2D eigenvalue weighted by atomic mass is 10.2. The molecule has 1 heterocycles. The SMILES string of the molecule is CC1=C(C)NC=CC=C1. The van der Waals surface area contributed by atoms with Crippen LogP contribution in [0.4, 0.5) is 0 Å². The summed E-state index contributed by atoms with van der Waals surface area (Å²) in [7, 11) is 0. The Morgan fingerprint density at radius 1 is 1.22 bits per heavy atom. The molecule has 0 spiro atoms. The Morgan fingerprint density at radius 3 is 2.78 bits per heavy atom. The van der Waals surface area contributed by atoms with Gasteiger partial charge >= 0.3 is 0 Å². The van der Waals surface area contributed by atoms with Crippen molar-refractivity contribution in [3.8, 4) is 0 Å². The predicted octanol–water partition coefficient (Wildman–Crippen LogP) is 1.95. The molecule has 1 aliphatic heterocycles. The van der Waals surface area contributed by atoms with Crippen molar-refractivity contribution < 1.29 is 0 Å². The first-order chi connectivity index (χ1) is 4.30. The van der Waals surface area contributed by atoms with Crippen LogP contribution in [-0.2, 0) is 0 Å². The summed E-state index contributed by atoms with van der Waals surface area (Å²) in [6.45, 7) is 4.15. The fourth-order valence-electron chi connectivity index (χ4n) is 0.667. The lowest BCUT2D eigenvalue weighted by Crippen LogP contribution is -2.00. The van der Waals surface area contributed by atoms with Gasteiger partial charge in [-0.3, -0.25) is 0 Å². The van der Waals surface area contributed by atoms with Crippen molar-refractivity contribution in [2.75, 3.05) is 0 Å². The molecule has 0 bridgehead atoms. The van der Waals surface area contributed by atoms with Gasteiger partial charge in [0.25, 0.3) is 0 Å². The van der Waals surface area contributed by atoms with Crippen LogP contribution in [0.25, 0.3) is 0 Å². The predicted molar refractivity (Wildman–Crippen MR) is 39.8 cm³/mol. The van der Waals surface area contributed by atoms with Crippen molar-refractivity contribution in [3.05, 3.63) is 35.7 Å². The quantitative estimate of drug-likeness (QED) is 0.516. The third-order valence-electron chi connectivity index (χ3n) is 1.44. The molecule has 1 N–H and O–H groups in total. The molecule has 0 unspecified atom stereocenters. The Labute approximate surface area is 55.8 Å². The van der Waals surface area contributed by atoms with Crippen molar-refractivity contribution in [2.24, 2.45) is 0 Å². The Balaban J connectivity index is 2.85. The molecular weight excluding hydrogens is 110 g/mol. The zero-order chi connectivity index (χ0) is 6.69. The van der Waals surface area contributed by atoms with E-state index in [4.69, 9.17) is 0 Å². The van der Waals surface area contributed by atoms with Crippen LogP contribution in [0.2, 0.25) is 0 Å². The monoisotopic (exact) mass is 121 g/mol. The number of rotatable bonds is 0. The van der Waals surface area contributed by atoms with Gasteiger partial charge < -0.3 is 5.32 Å². The zero-order valence-electron chi connectivity index (χ0n) is 5.81. The fraction of sp³-hybridized carbons (Fsp3) is 0.250. The summed E-state index contributed by atoms with van der Waals surface area (Å²) in [6.07, 6.45) is 8.03. The highest BCUT2D eigenvalue weighted by Crippen LogP contribution is 2.03. The van der Waals surface area contributed by atoms with Crippen LogP contribution >= 0.6 is 0 Å². The van der Waals surface area contributed by atoms with Gasteiger partial charge in [0, 0.05) is 11.9 Å². The Hall–Kier alpha value is -0.980. The highest BCUT2D eigenvalue weighted by Gasteiger charge is 1.90. The largest absolute Gasteiger partial charge is 0.365 e. The minimum Gasteiger partial charge on any atom is -0.365 e. The summed E-state index contributed by atoms with van der Waals surface area (Å²) < 4.78 is 0. The average Bonchev–Trinajstić information content (AvgIpc) is 1.99. The highest BCUT2D eigenvalue weighted by molar-refractivity contribution is 5.27. The van der Waals surface area contributed by atoms with Gasteiger partial charge in [-0.2, -0.15) is 0 Å². The molecule has 0 saturated heterocycles. The third-order valence-corrected chi connectivity index (χ3v) is 1.44. The van der Waals surface area contributed by atoms with Crippen molar-refractivity contribution in [1.82, 2.24) is 5.32 Å². The van der Waals surface area contributed by atoms with E-state index in [1.54, 1.807) is 0 Å². The molecule has 0 atom stereocenters. The number of nitrogens with one attached hydrogen (secondary N) is 1. The standard InChI is InChI=1S/C8H11N/c1-7-5-3-4-6-9-8(7)2/h3-6,9H,1-2H3. The molecule has 1 heteroatoms. The molecule has 0 aliphatic carbocycles. The molecular formula is C8H11N. The van der Waals surface area contributed by atoms with Gasteiger partial charge in [-0.05, 0) is 25.5 Å². The summed E-state index contributed by atoms with van der Waals surface area (Å²) in [6, 6.07) is 0. The Kier molecular flexibility index (Phi) is 1.73. The Morgan fingerprint density at radius 2 is 2.00 bits per heavy atom. The maximum atomic E-state index is 3.13. The van der Waals surface area contributed by atoms with E-state index < -0.39 is 0 Å². The van der Waals surface area contributed by atoms with Crippen LogP contribution in [-0.4, -0.2) is 0 Å². The molecule has 0 aromatic heterocycles. The van der Waals surface area contributed by atoms with Crippen molar-refractivity contribution >= 4 is 0 Å². The maximum absolute atomic E-state index is 3.13. The molecule has 9 heavy (non-hydrogen) atoms. The molecule has 1 rings (SSSR count). The summed E-state index contributed by atoms with van der Waals surface area (Å²) in [5.74, 6) is 0. The maximum Gasteiger partial charge on any atom is 0.0144 e. The topological polar surface area (TPSA) is 12.0 Å². The first-order valence-electron chi connectivity index (χ1n) is 3.08. The van der Waals surface area contributed by atoms with E-state index in [-0.39, 0.29) is 0 Å². The minimum atomic E-state index is 1.22. The van der Waals surface area contributed by atoms with Gasteiger partial charge in [0.05, 0.1) is 0 Å². The van der Waals surface area contributed by atoms with Crippen LogP contribution in [0.3, 0.4) is 0 Å². The van der Waals surface area contributed by atoms with Gasteiger partial charge in [0.15, 0.2) is 0 Å². The Bertz CT molecular complexity index is 185. The second kappa shape index (κ2) is 2.53. The van der Waals surface area contributed by atoms with Crippen LogP contribution in [0.15, 0.2) is 35.7 Å². The number of hydrogen-bond acceptors (Lipinski definition) is 1. The van der Waals surface area contributed by atoms with E-state index in [1.165, 1.54) is 11.3 Å². The van der Waals surface area contributed by atoms with Crippen LogP contribution in [0, 0.1) is 0 Å². The van der Waals surface area contributed by atoms with Crippen molar-refractivity contribution in [1.29, 1.82) is 0 Å². The van der Waals surface area contributed by atoms with Crippen LogP contribution < -0.4 is 5.32 Å². The van der Waals surface area contributed by atoms with Gasteiger partial charge in [-0.1, -0.05) is 12.2 Å². The fourth-order valence-corrected chi connectivity index (χ4v) is 0.667. The molecule has 1 aliphatic rings. The molecule has 0 aromatic carbocycles. The van der Waals surface area contributed by atoms with Crippen LogP contribution in [0.1, 0.15) is 13.8 Å². The van der Waals surface area contributed by atoms with E-state index in [0.717, 1.165) is 0 Å². The van der Waals surface area contributed by atoms with Crippen LogP contribution in [0.5, 0.6) is 0 Å². The second-order valence-electron chi connectivity index (χ2n) is 2.17. The molecule has 48 valence electrons. The molecule has 0 aromatic rings. The number of allylic oxidation sites excluding steroid dienone is 5. The van der Waals surface area contributed by atoms with Gasteiger partial charge in [0.2, 0.25) is 0 Å². The summed E-state index contributed by atoms with van der Waals surface area (Å²) in [5.41, 5.74) is 2.51. The minimum absolute atomic E-state index is 1.22. The van der Waals surface area contributed by atoms with Crippen molar-refractivity contribution in [2.45, 2.75) is 13.8 Å². The zero-order valence-corrected chi connectivity index (χ0v) is 5.81. The molecule has 1 nitrogen and oxygen atoms in total. The molecule has 0 fully saturated rings. The highest BCUT2D eigenvalue weighted by atomic mass is 14.8. The number of hydrogen-bond donors (Lipinski definition) is 1. The average molecular weight is 121 g/mol. The first kappa shape index (κ1) is 6.14. The summed E-state index contributed by atoms with van der Waals surface area (Å²) in [4.78, 5) is 0. The molecule has 0 amide bonds. The molecule has 0 saturated carbocycles. The van der Waals surface area contributed by atoms with E-state index in [0.29, 0.717) is 0 Å². The smallest absolute Gasteiger partial charge is 0.0144 e.